The maximum Gasteiger partial charge on any atom is 0.341 e. The quantitative estimate of drug-likeness (QED) is 0.371. The van der Waals surface area contributed by atoms with E-state index < -0.39 is 30.4 Å². The maximum atomic E-state index is 10.5. The Morgan fingerprint density at radius 3 is 2.58 bits per heavy atom. The molecule has 0 unspecified atom stereocenters. The van der Waals surface area contributed by atoms with Crippen LogP contribution in [0.3, 0.4) is 0 Å². The van der Waals surface area contributed by atoms with E-state index in [0.717, 1.165) is 0 Å². The van der Waals surface area contributed by atoms with Crippen molar-refractivity contribution in [3.8, 4) is 0 Å². The van der Waals surface area contributed by atoms with Crippen LogP contribution in [0.2, 0.25) is 0 Å². The fraction of sp³-hybridized carbons (Fsp3) is 0.833. The van der Waals surface area contributed by atoms with Gasteiger partial charge in [-0.15, -0.1) is 0 Å². The zero-order valence-electron chi connectivity index (χ0n) is 6.30. The predicted molar refractivity (Wildman–Crippen MR) is 37.4 cm³/mol. The summed E-state index contributed by atoms with van der Waals surface area (Å²) >= 11 is 0. The number of aliphatic hydroxyl groups excluding tert-OH is 1. The highest BCUT2D eigenvalue weighted by Crippen LogP contribution is 2.24. The molecule has 5 N–H and O–H groups in total. The third kappa shape index (κ3) is 1.18. The van der Waals surface area contributed by atoms with Crippen LogP contribution in [0.15, 0.2) is 0 Å². The van der Waals surface area contributed by atoms with Crippen LogP contribution >= 0.6 is 0 Å². The molecule has 0 saturated carbocycles. The SMILES string of the molecule is NC[C@H]1OC[C@](O)(C(=O)O)[C@@H]1O. The largest absolute Gasteiger partial charge is 0.479 e. The summed E-state index contributed by atoms with van der Waals surface area (Å²) in [5.74, 6) is -1.49. The van der Waals surface area contributed by atoms with E-state index >= 15 is 0 Å². The van der Waals surface area contributed by atoms with Crippen molar-refractivity contribution in [3.05, 3.63) is 0 Å². The van der Waals surface area contributed by atoms with Crippen molar-refractivity contribution < 1.29 is 24.9 Å². The van der Waals surface area contributed by atoms with E-state index in [9.17, 15) is 15.0 Å². The van der Waals surface area contributed by atoms with Crippen molar-refractivity contribution >= 4 is 5.97 Å². The van der Waals surface area contributed by atoms with E-state index in [1.54, 1.807) is 0 Å². The first-order valence-electron chi connectivity index (χ1n) is 3.48. The molecule has 6 nitrogen and oxygen atoms in total. The molecule has 0 radical (unpaired) electrons. The minimum Gasteiger partial charge on any atom is -0.479 e. The van der Waals surface area contributed by atoms with Crippen molar-refractivity contribution in [1.29, 1.82) is 0 Å². The molecular formula is C6H11NO5. The Balaban J connectivity index is 2.77. The first-order chi connectivity index (χ1) is 5.52. The van der Waals surface area contributed by atoms with E-state index in [2.05, 4.69) is 0 Å². The van der Waals surface area contributed by atoms with Gasteiger partial charge in [-0.25, -0.2) is 4.79 Å². The fourth-order valence-electron chi connectivity index (χ4n) is 1.10. The third-order valence-electron chi connectivity index (χ3n) is 1.96. The highest BCUT2D eigenvalue weighted by molar-refractivity contribution is 5.78. The summed E-state index contributed by atoms with van der Waals surface area (Å²) in [7, 11) is 0. The molecule has 70 valence electrons. The number of nitrogens with two attached hydrogens (primary N) is 1. The van der Waals surface area contributed by atoms with Gasteiger partial charge in [0.15, 0.2) is 0 Å². The number of aliphatic hydroxyl groups is 2. The second-order valence-electron chi connectivity index (χ2n) is 2.76. The summed E-state index contributed by atoms with van der Waals surface area (Å²) in [6.07, 6.45) is -2.26. The molecule has 12 heavy (non-hydrogen) atoms. The van der Waals surface area contributed by atoms with Gasteiger partial charge in [-0.1, -0.05) is 0 Å². The zero-order chi connectivity index (χ0) is 9.35. The van der Waals surface area contributed by atoms with Gasteiger partial charge >= 0.3 is 5.97 Å². The minimum atomic E-state index is -2.20. The van der Waals surface area contributed by atoms with Crippen molar-refractivity contribution in [1.82, 2.24) is 0 Å². The monoisotopic (exact) mass is 177 g/mol. The molecule has 1 aliphatic heterocycles. The summed E-state index contributed by atoms with van der Waals surface area (Å²) in [6, 6.07) is 0. The molecule has 1 heterocycles. The van der Waals surface area contributed by atoms with Crippen LogP contribution in [0.25, 0.3) is 0 Å². The van der Waals surface area contributed by atoms with Gasteiger partial charge in [-0.05, 0) is 0 Å². The topological polar surface area (TPSA) is 113 Å². The van der Waals surface area contributed by atoms with Crippen LogP contribution < -0.4 is 5.73 Å². The summed E-state index contributed by atoms with van der Waals surface area (Å²) in [5, 5.41) is 27.1. The number of carboxylic acids is 1. The third-order valence-corrected chi connectivity index (χ3v) is 1.96. The van der Waals surface area contributed by atoms with Crippen LogP contribution in [0.5, 0.6) is 0 Å². The van der Waals surface area contributed by atoms with Crippen LogP contribution in [0.4, 0.5) is 0 Å². The Hall–Kier alpha value is -0.690. The van der Waals surface area contributed by atoms with Gasteiger partial charge in [-0.3, -0.25) is 0 Å². The van der Waals surface area contributed by atoms with Gasteiger partial charge in [-0.2, -0.15) is 0 Å². The van der Waals surface area contributed by atoms with Crippen LogP contribution in [0, 0.1) is 0 Å². The van der Waals surface area contributed by atoms with Crippen molar-refractivity contribution in [2.45, 2.75) is 17.8 Å². The smallest absolute Gasteiger partial charge is 0.341 e. The number of carbonyl (C=O) groups is 1. The van der Waals surface area contributed by atoms with Crippen LogP contribution in [0.1, 0.15) is 0 Å². The van der Waals surface area contributed by atoms with Gasteiger partial charge in [0.25, 0.3) is 0 Å². The second kappa shape index (κ2) is 2.98. The van der Waals surface area contributed by atoms with Crippen LogP contribution in [-0.2, 0) is 9.53 Å². The number of hydrogen-bond acceptors (Lipinski definition) is 5. The number of ether oxygens (including phenoxy) is 1. The molecule has 0 aromatic rings. The highest BCUT2D eigenvalue weighted by atomic mass is 16.5. The van der Waals surface area contributed by atoms with E-state index in [-0.39, 0.29) is 6.54 Å². The lowest BCUT2D eigenvalue weighted by atomic mass is 9.97. The van der Waals surface area contributed by atoms with E-state index in [4.69, 9.17) is 15.6 Å². The Bertz CT molecular complexity index is 196. The minimum absolute atomic E-state index is 0.0171. The Morgan fingerprint density at radius 2 is 2.33 bits per heavy atom. The van der Waals surface area contributed by atoms with Gasteiger partial charge in [0.2, 0.25) is 5.60 Å². The molecule has 0 aromatic heterocycles. The lowest BCUT2D eigenvalue weighted by Crippen LogP contribution is -2.51. The molecule has 0 bridgehead atoms. The number of aliphatic carboxylic acids is 1. The summed E-state index contributed by atoms with van der Waals surface area (Å²) in [6.45, 7) is -0.442. The first kappa shape index (κ1) is 9.40. The molecule has 0 amide bonds. The van der Waals surface area contributed by atoms with Gasteiger partial charge in [0.1, 0.15) is 6.10 Å². The Morgan fingerprint density at radius 1 is 1.75 bits per heavy atom. The first-order valence-corrected chi connectivity index (χ1v) is 3.48. The van der Waals surface area contributed by atoms with E-state index in [1.165, 1.54) is 0 Å². The molecule has 1 fully saturated rings. The summed E-state index contributed by atoms with van der Waals surface area (Å²) in [5.41, 5.74) is 2.95. The zero-order valence-corrected chi connectivity index (χ0v) is 6.30. The normalized spacial score (nSPS) is 41.6. The fourth-order valence-corrected chi connectivity index (χ4v) is 1.10. The van der Waals surface area contributed by atoms with Gasteiger partial charge < -0.3 is 25.8 Å². The standard InChI is InChI=1S/C6H11NO5/c7-1-3-4(8)6(11,2-12-3)5(9)10/h3-4,8,11H,1-2,7H2,(H,9,10)/t3-,4-,6-/m1/s1. The average Bonchev–Trinajstić information content (AvgIpc) is 2.31. The molecule has 1 rings (SSSR count). The second-order valence-corrected chi connectivity index (χ2v) is 2.76. The van der Waals surface area contributed by atoms with Crippen molar-refractivity contribution in [3.63, 3.8) is 0 Å². The average molecular weight is 177 g/mol. The van der Waals surface area contributed by atoms with Gasteiger partial charge in [0, 0.05) is 6.54 Å². The van der Waals surface area contributed by atoms with E-state index in [1.807, 2.05) is 0 Å². The molecule has 1 saturated heterocycles. The van der Waals surface area contributed by atoms with Crippen LogP contribution in [-0.4, -0.2) is 52.2 Å². The lowest BCUT2D eigenvalue weighted by molar-refractivity contribution is -0.166. The lowest BCUT2D eigenvalue weighted by Gasteiger charge is -2.20. The van der Waals surface area contributed by atoms with Gasteiger partial charge in [0.05, 0.1) is 12.7 Å². The summed E-state index contributed by atoms with van der Waals surface area (Å²) in [4.78, 5) is 10.5. The molecule has 1 aliphatic rings. The summed E-state index contributed by atoms with van der Waals surface area (Å²) < 4.78 is 4.79. The molecule has 0 aromatic carbocycles. The number of hydrogen-bond donors (Lipinski definition) is 4. The molecule has 0 spiro atoms. The number of carboxylic acid groups (broad SMARTS) is 1. The Kier molecular flexibility index (Phi) is 2.34. The van der Waals surface area contributed by atoms with Crippen molar-refractivity contribution in [2.24, 2.45) is 5.73 Å². The van der Waals surface area contributed by atoms with E-state index in [0.29, 0.717) is 0 Å². The maximum absolute atomic E-state index is 10.5. The molecule has 0 aliphatic carbocycles. The Labute approximate surface area is 68.6 Å². The predicted octanol–water partition coefficient (Wildman–Crippen LogP) is -2.48. The molecular weight excluding hydrogens is 166 g/mol. The highest BCUT2D eigenvalue weighted by Gasteiger charge is 2.53. The molecule has 3 atom stereocenters. The number of rotatable bonds is 2. The van der Waals surface area contributed by atoms with Crippen molar-refractivity contribution in [2.75, 3.05) is 13.2 Å². The molecule has 6 heteroatoms.